The molecule has 0 fully saturated rings. The molecule has 0 radical (unpaired) electrons. The quantitative estimate of drug-likeness (QED) is 0.370. The average Bonchev–Trinajstić information content (AvgIpc) is 2.56. The number of carbonyl (C=O) groups excluding carboxylic acids is 1. The number of para-hydroxylation sites is 1. The Hall–Kier alpha value is -3.69. The third-order valence-electron chi connectivity index (χ3n) is 3.15. The number of anilines is 1. The normalized spacial score (nSPS) is 10.6. The highest BCUT2D eigenvalue weighted by Gasteiger charge is 2.28. The number of nitro benzene ring substituents is 2. The number of nitrogens with zero attached hydrogens (tertiary/aromatic N) is 3. The molecular formula is C15H11FN4O5. The molecule has 0 aliphatic carbocycles. The average molecular weight is 346 g/mol. The maximum absolute atomic E-state index is 13.6. The highest BCUT2D eigenvalue weighted by Crippen LogP contribution is 2.34. The fourth-order valence-corrected chi connectivity index (χ4v) is 2.02. The highest BCUT2D eigenvalue weighted by molar-refractivity contribution is 6.35. The molecule has 128 valence electrons. The van der Waals surface area contributed by atoms with Gasteiger partial charge in [0, 0.05) is 6.07 Å². The minimum absolute atomic E-state index is 0.209. The molecule has 1 N–H and O–H groups in total. The summed E-state index contributed by atoms with van der Waals surface area (Å²) in [5, 5.41) is 25.4. The Bertz CT molecular complexity index is 897. The lowest BCUT2D eigenvalue weighted by molar-refractivity contribution is -0.421. The van der Waals surface area contributed by atoms with Gasteiger partial charge in [0.25, 0.3) is 0 Å². The fraction of sp³-hybridized carbons (Fsp3) is 0.0667. The second-order valence-electron chi connectivity index (χ2n) is 4.91. The first-order valence-electron chi connectivity index (χ1n) is 6.82. The molecule has 2 aromatic rings. The number of hydrogen-bond donors (Lipinski definition) is 1. The Morgan fingerprint density at radius 1 is 1.20 bits per heavy atom. The van der Waals surface area contributed by atoms with Crippen LogP contribution < -0.4 is 5.43 Å². The summed E-state index contributed by atoms with van der Waals surface area (Å²) in [7, 11) is 0. The van der Waals surface area contributed by atoms with Gasteiger partial charge in [0.1, 0.15) is 11.5 Å². The third-order valence-corrected chi connectivity index (χ3v) is 3.15. The SMILES string of the molecule is Cc1ccc(F)c(C(=O)/C=N\Nc2cccc([N+](=O)[O-])c2[N+](=O)[O-])c1. The molecule has 2 aromatic carbocycles. The van der Waals surface area contributed by atoms with Gasteiger partial charge in [0.05, 0.1) is 21.6 Å². The molecule has 0 saturated heterocycles. The van der Waals surface area contributed by atoms with E-state index in [-0.39, 0.29) is 11.3 Å². The molecule has 0 bridgehead atoms. The van der Waals surface area contributed by atoms with Gasteiger partial charge in [-0.25, -0.2) is 4.39 Å². The molecule has 0 aliphatic heterocycles. The fourth-order valence-electron chi connectivity index (χ4n) is 2.02. The van der Waals surface area contributed by atoms with Crippen LogP contribution in [0.2, 0.25) is 0 Å². The lowest BCUT2D eigenvalue weighted by Crippen LogP contribution is -2.06. The van der Waals surface area contributed by atoms with Crippen LogP contribution in [0.5, 0.6) is 0 Å². The largest absolute Gasteiger partial charge is 0.370 e. The van der Waals surface area contributed by atoms with Crippen molar-refractivity contribution in [1.29, 1.82) is 0 Å². The smallest absolute Gasteiger partial charge is 0.287 e. The van der Waals surface area contributed by atoms with Crippen LogP contribution in [0.1, 0.15) is 15.9 Å². The predicted molar refractivity (Wildman–Crippen MR) is 87.3 cm³/mol. The number of hydrogen-bond acceptors (Lipinski definition) is 7. The Morgan fingerprint density at radius 2 is 1.92 bits per heavy atom. The van der Waals surface area contributed by atoms with Crippen molar-refractivity contribution >= 4 is 29.1 Å². The standard InChI is InChI=1S/C15H11FN4O5/c1-9-5-6-11(16)10(7-9)14(21)8-17-18-12-3-2-4-13(19(22)23)15(12)20(24)25/h2-8,18H,1H3/b17-8-. The Kier molecular flexibility index (Phi) is 5.12. The van der Waals surface area contributed by atoms with Gasteiger partial charge in [-0.2, -0.15) is 5.10 Å². The number of Topliss-reactive ketones (excluding diaryl/α,β-unsaturated/α-hetero) is 1. The van der Waals surface area contributed by atoms with Gasteiger partial charge in [-0.3, -0.25) is 30.4 Å². The van der Waals surface area contributed by atoms with E-state index in [1.54, 1.807) is 6.92 Å². The van der Waals surface area contributed by atoms with Crippen molar-refractivity contribution in [2.45, 2.75) is 6.92 Å². The van der Waals surface area contributed by atoms with Gasteiger partial charge in [0.2, 0.25) is 5.78 Å². The van der Waals surface area contributed by atoms with Crippen LogP contribution in [0.3, 0.4) is 0 Å². The molecule has 10 heteroatoms. The summed E-state index contributed by atoms with van der Waals surface area (Å²) in [5.74, 6) is -1.50. The first-order chi connectivity index (χ1) is 11.8. The summed E-state index contributed by atoms with van der Waals surface area (Å²) >= 11 is 0. The first kappa shape index (κ1) is 17.7. The number of hydrazone groups is 1. The van der Waals surface area contributed by atoms with Gasteiger partial charge in [-0.15, -0.1) is 0 Å². The minimum Gasteiger partial charge on any atom is -0.287 e. The number of ketones is 1. The minimum atomic E-state index is -0.933. The Labute approximate surface area is 140 Å². The van der Waals surface area contributed by atoms with Crippen LogP contribution in [0.25, 0.3) is 0 Å². The molecule has 0 heterocycles. The molecule has 0 atom stereocenters. The molecule has 0 aromatic heterocycles. The summed E-state index contributed by atoms with van der Waals surface area (Å²) in [6.45, 7) is 1.68. The van der Waals surface area contributed by atoms with E-state index < -0.39 is 32.8 Å². The van der Waals surface area contributed by atoms with Crippen molar-refractivity contribution < 1.29 is 19.0 Å². The van der Waals surface area contributed by atoms with Crippen molar-refractivity contribution in [2.24, 2.45) is 5.10 Å². The van der Waals surface area contributed by atoms with E-state index in [0.717, 1.165) is 18.3 Å². The number of halogens is 1. The topological polar surface area (TPSA) is 128 Å². The van der Waals surface area contributed by atoms with Crippen LogP contribution in [-0.2, 0) is 0 Å². The van der Waals surface area contributed by atoms with E-state index in [4.69, 9.17) is 0 Å². The van der Waals surface area contributed by atoms with Crippen LogP contribution in [0, 0.1) is 33.0 Å². The molecule has 0 aliphatic rings. The number of carbonyl (C=O) groups is 1. The molecule has 0 unspecified atom stereocenters. The summed E-state index contributed by atoms with van der Waals surface area (Å²) in [5.41, 5.74) is 0.878. The van der Waals surface area contributed by atoms with Crippen molar-refractivity contribution in [3.63, 3.8) is 0 Å². The van der Waals surface area contributed by atoms with E-state index in [2.05, 4.69) is 10.5 Å². The highest BCUT2D eigenvalue weighted by atomic mass is 19.1. The van der Waals surface area contributed by atoms with Gasteiger partial charge < -0.3 is 0 Å². The van der Waals surface area contributed by atoms with Gasteiger partial charge >= 0.3 is 11.4 Å². The first-order valence-corrected chi connectivity index (χ1v) is 6.82. The second-order valence-corrected chi connectivity index (χ2v) is 4.91. The molecular weight excluding hydrogens is 335 g/mol. The van der Waals surface area contributed by atoms with Crippen LogP contribution >= 0.6 is 0 Å². The maximum atomic E-state index is 13.6. The van der Waals surface area contributed by atoms with Crippen molar-refractivity contribution in [3.05, 3.63) is 73.6 Å². The van der Waals surface area contributed by atoms with Crippen molar-refractivity contribution in [3.8, 4) is 0 Å². The number of benzene rings is 2. The number of nitrogens with one attached hydrogen (secondary N) is 1. The van der Waals surface area contributed by atoms with Crippen molar-refractivity contribution in [1.82, 2.24) is 0 Å². The zero-order valence-corrected chi connectivity index (χ0v) is 12.8. The molecule has 9 nitrogen and oxygen atoms in total. The summed E-state index contributed by atoms with van der Waals surface area (Å²) in [4.78, 5) is 32.0. The molecule has 25 heavy (non-hydrogen) atoms. The molecule has 2 rings (SSSR count). The predicted octanol–water partition coefficient (Wildman–Crippen LogP) is 3.23. The molecule has 0 amide bonds. The van der Waals surface area contributed by atoms with E-state index in [9.17, 15) is 29.4 Å². The van der Waals surface area contributed by atoms with E-state index in [1.165, 1.54) is 24.3 Å². The van der Waals surface area contributed by atoms with Gasteiger partial charge in [0.15, 0.2) is 0 Å². The third kappa shape index (κ3) is 3.99. The number of rotatable bonds is 6. The summed E-state index contributed by atoms with van der Waals surface area (Å²) < 4.78 is 13.6. The zero-order chi connectivity index (χ0) is 18.6. The lowest BCUT2D eigenvalue weighted by Gasteiger charge is -2.03. The maximum Gasteiger partial charge on any atom is 0.370 e. The number of nitro groups is 2. The van der Waals surface area contributed by atoms with E-state index in [1.807, 2.05) is 0 Å². The lowest BCUT2D eigenvalue weighted by atomic mass is 10.1. The van der Waals surface area contributed by atoms with Gasteiger partial charge in [-0.1, -0.05) is 17.7 Å². The van der Waals surface area contributed by atoms with E-state index in [0.29, 0.717) is 5.56 Å². The van der Waals surface area contributed by atoms with Crippen LogP contribution in [0.15, 0.2) is 41.5 Å². The van der Waals surface area contributed by atoms with Crippen molar-refractivity contribution in [2.75, 3.05) is 5.43 Å². The van der Waals surface area contributed by atoms with Crippen LogP contribution in [-0.4, -0.2) is 21.8 Å². The Morgan fingerprint density at radius 3 is 2.56 bits per heavy atom. The second kappa shape index (κ2) is 7.25. The zero-order valence-electron chi connectivity index (χ0n) is 12.8. The van der Waals surface area contributed by atoms with E-state index >= 15 is 0 Å². The molecule has 0 saturated carbocycles. The summed E-state index contributed by atoms with van der Waals surface area (Å²) in [6, 6.07) is 7.36. The monoisotopic (exact) mass is 346 g/mol. The summed E-state index contributed by atoms with van der Waals surface area (Å²) in [6.07, 6.45) is 0.737. The number of aryl methyl sites for hydroxylation is 1. The van der Waals surface area contributed by atoms with Crippen LogP contribution in [0.4, 0.5) is 21.5 Å². The Balaban J connectivity index is 2.26. The molecule has 0 spiro atoms. The van der Waals surface area contributed by atoms with Gasteiger partial charge in [-0.05, 0) is 25.1 Å².